The van der Waals surface area contributed by atoms with E-state index in [2.05, 4.69) is 0 Å². The Kier molecular flexibility index (Phi) is 5.64. The molecular formula is C16H20N4O4S. The van der Waals surface area contributed by atoms with Crippen LogP contribution in [-0.2, 0) is 19.6 Å². The number of piperazine rings is 1. The molecule has 2 amide bonds. The molecule has 25 heavy (non-hydrogen) atoms. The number of carbonyl (C=O) groups excluding carboxylic acids is 2. The highest BCUT2D eigenvalue weighted by Crippen LogP contribution is 2.19. The standard InChI is InChI=1S/C16H20N4O4S/c1-13(21)18-6-8-19(9-7-18)16(22)12-20(25(2,23)24)15-5-3-4-14(10-15)11-17/h3-5,10H,6-9,12H2,1-2H3. The minimum absolute atomic E-state index is 0.0434. The third-order valence-electron chi connectivity index (χ3n) is 4.02. The Balaban J connectivity index is 2.14. The molecule has 0 N–H and O–H groups in total. The molecule has 0 radical (unpaired) electrons. The van der Waals surface area contributed by atoms with Gasteiger partial charge in [-0.1, -0.05) is 6.07 Å². The lowest BCUT2D eigenvalue weighted by Gasteiger charge is -2.35. The number of hydrogen-bond acceptors (Lipinski definition) is 5. The maximum absolute atomic E-state index is 12.5. The molecule has 0 aliphatic carbocycles. The molecule has 1 saturated heterocycles. The van der Waals surface area contributed by atoms with E-state index in [0.717, 1.165) is 10.6 Å². The highest BCUT2D eigenvalue weighted by atomic mass is 32.2. The van der Waals surface area contributed by atoms with E-state index in [4.69, 9.17) is 5.26 Å². The van der Waals surface area contributed by atoms with Gasteiger partial charge in [0.15, 0.2) is 0 Å². The Hall–Kier alpha value is -2.60. The summed E-state index contributed by atoms with van der Waals surface area (Å²) in [4.78, 5) is 27.0. The van der Waals surface area contributed by atoms with Crippen LogP contribution in [0.5, 0.6) is 0 Å². The van der Waals surface area contributed by atoms with Gasteiger partial charge in [0, 0.05) is 33.1 Å². The van der Waals surface area contributed by atoms with Gasteiger partial charge < -0.3 is 9.80 Å². The Morgan fingerprint density at radius 3 is 2.32 bits per heavy atom. The van der Waals surface area contributed by atoms with Gasteiger partial charge in [-0.2, -0.15) is 5.26 Å². The van der Waals surface area contributed by atoms with Crippen LogP contribution in [-0.4, -0.2) is 69.0 Å². The first-order valence-corrected chi connectivity index (χ1v) is 9.58. The molecule has 1 aromatic carbocycles. The van der Waals surface area contributed by atoms with E-state index < -0.39 is 10.0 Å². The fourth-order valence-corrected chi connectivity index (χ4v) is 3.47. The smallest absolute Gasteiger partial charge is 0.243 e. The van der Waals surface area contributed by atoms with Crippen LogP contribution in [0.1, 0.15) is 12.5 Å². The number of nitriles is 1. The minimum Gasteiger partial charge on any atom is -0.339 e. The lowest BCUT2D eigenvalue weighted by atomic mass is 10.2. The zero-order chi connectivity index (χ0) is 18.6. The van der Waals surface area contributed by atoms with Crippen molar-refractivity contribution in [3.63, 3.8) is 0 Å². The largest absolute Gasteiger partial charge is 0.339 e. The van der Waals surface area contributed by atoms with Crippen LogP contribution < -0.4 is 4.31 Å². The predicted octanol–water partition coefficient (Wildman–Crippen LogP) is 0.0150. The van der Waals surface area contributed by atoms with E-state index in [-0.39, 0.29) is 24.0 Å². The third-order valence-corrected chi connectivity index (χ3v) is 5.16. The summed E-state index contributed by atoms with van der Waals surface area (Å²) in [5, 5.41) is 8.98. The van der Waals surface area contributed by atoms with Crippen LogP contribution in [0, 0.1) is 11.3 Å². The van der Waals surface area contributed by atoms with Crippen LogP contribution in [0.3, 0.4) is 0 Å². The summed E-state index contributed by atoms with van der Waals surface area (Å²) in [5.41, 5.74) is 0.589. The van der Waals surface area contributed by atoms with Crippen molar-refractivity contribution in [1.82, 2.24) is 9.80 Å². The SMILES string of the molecule is CC(=O)N1CCN(C(=O)CN(c2cccc(C#N)c2)S(C)(=O)=O)CC1. The van der Waals surface area contributed by atoms with E-state index in [1.54, 1.807) is 28.0 Å². The van der Waals surface area contributed by atoms with Crippen LogP contribution in [0.2, 0.25) is 0 Å². The van der Waals surface area contributed by atoms with E-state index in [9.17, 15) is 18.0 Å². The van der Waals surface area contributed by atoms with E-state index in [1.165, 1.54) is 13.0 Å². The van der Waals surface area contributed by atoms with Gasteiger partial charge in [0.1, 0.15) is 6.54 Å². The molecule has 0 saturated carbocycles. The molecule has 1 aromatic rings. The number of hydrogen-bond donors (Lipinski definition) is 0. The first-order valence-electron chi connectivity index (χ1n) is 7.73. The summed E-state index contributed by atoms with van der Waals surface area (Å²) >= 11 is 0. The van der Waals surface area contributed by atoms with Crippen LogP contribution in [0.4, 0.5) is 5.69 Å². The lowest BCUT2D eigenvalue weighted by molar-refractivity contribution is -0.137. The molecule has 1 aliphatic rings. The summed E-state index contributed by atoms with van der Waals surface area (Å²) < 4.78 is 25.2. The number of benzene rings is 1. The van der Waals surface area contributed by atoms with Gasteiger partial charge in [0.2, 0.25) is 21.8 Å². The van der Waals surface area contributed by atoms with Crippen LogP contribution in [0.15, 0.2) is 24.3 Å². The molecule has 0 aromatic heterocycles. The van der Waals surface area contributed by atoms with Gasteiger partial charge >= 0.3 is 0 Å². The summed E-state index contributed by atoms with van der Waals surface area (Å²) in [7, 11) is -3.69. The van der Waals surface area contributed by atoms with E-state index in [0.29, 0.717) is 31.7 Å². The average molecular weight is 364 g/mol. The fraction of sp³-hybridized carbons (Fsp3) is 0.438. The van der Waals surface area contributed by atoms with E-state index in [1.807, 2.05) is 6.07 Å². The molecule has 0 atom stereocenters. The Morgan fingerprint density at radius 2 is 1.80 bits per heavy atom. The normalized spacial score (nSPS) is 14.8. The van der Waals surface area contributed by atoms with Gasteiger partial charge in [-0.05, 0) is 18.2 Å². The van der Waals surface area contributed by atoms with Gasteiger partial charge in [-0.25, -0.2) is 8.42 Å². The summed E-state index contributed by atoms with van der Waals surface area (Å²) in [6.07, 6.45) is 1.02. The van der Waals surface area contributed by atoms with Crippen molar-refractivity contribution in [2.45, 2.75) is 6.92 Å². The predicted molar refractivity (Wildman–Crippen MR) is 92.2 cm³/mol. The minimum atomic E-state index is -3.69. The van der Waals surface area contributed by atoms with Crippen molar-refractivity contribution in [3.05, 3.63) is 29.8 Å². The Morgan fingerprint density at radius 1 is 1.20 bits per heavy atom. The first-order chi connectivity index (χ1) is 11.7. The quantitative estimate of drug-likeness (QED) is 0.749. The number of anilines is 1. The monoisotopic (exact) mass is 364 g/mol. The molecule has 1 aliphatic heterocycles. The number of rotatable bonds is 4. The summed E-state index contributed by atoms with van der Waals surface area (Å²) in [6.45, 7) is 2.75. The molecule has 0 spiro atoms. The summed E-state index contributed by atoms with van der Waals surface area (Å²) in [6, 6.07) is 8.06. The number of carbonyl (C=O) groups is 2. The number of amides is 2. The van der Waals surface area contributed by atoms with Crippen molar-refractivity contribution < 1.29 is 18.0 Å². The maximum atomic E-state index is 12.5. The van der Waals surface area contributed by atoms with E-state index >= 15 is 0 Å². The molecule has 0 bridgehead atoms. The zero-order valence-electron chi connectivity index (χ0n) is 14.2. The lowest BCUT2D eigenvalue weighted by Crippen LogP contribution is -2.52. The first kappa shape index (κ1) is 18.7. The molecular weight excluding hydrogens is 344 g/mol. The van der Waals surface area contributed by atoms with Gasteiger partial charge in [0.25, 0.3) is 0 Å². The highest BCUT2D eigenvalue weighted by molar-refractivity contribution is 7.92. The maximum Gasteiger partial charge on any atom is 0.243 e. The van der Waals surface area contributed by atoms with Crippen molar-refractivity contribution >= 4 is 27.5 Å². The average Bonchev–Trinajstić information content (AvgIpc) is 2.58. The molecule has 134 valence electrons. The summed E-state index contributed by atoms with van der Waals surface area (Å²) in [5.74, 6) is -0.380. The second kappa shape index (κ2) is 7.53. The molecule has 0 unspecified atom stereocenters. The molecule has 9 heteroatoms. The van der Waals surface area contributed by atoms with Crippen molar-refractivity contribution in [2.24, 2.45) is 0 Å². The Bertz CT molecular complexity index is 808. The van der Waals surface area contributed by atoms with Crippen molar-refractivity contribution in [2.75, 3.05) is 43.3 Å². The number of sulfonamides is 1. The van der Waals surface area contributed by atoms with Crippen LogP contribution in [0.25, 0.3) is 0 Å². The zero-order valence-corrected chi connectivity index (χ0v) is 15.0. The molecule has 8 nitrogen and oxygen atoms in total. The molecule has 1 heterocycles. The fourth-order valence-electron chi connectivity index (χ4n) is 2.62. The van der Waals surface area contributed by atoms with Gasteiger partial charge in [-0.3, -0.25) is 13.9 Å². The van der Waals surface area contributed by atoms with Gasteiger partial charge in [-0.15, -0.1) is 0 Å². The van der Waals surface area contributed by atoms with Gasteiger partial charge in [0.05, 0.1) is 23.6 Å². The highest BCUT2D eigenvalue weighted by Gasteiger charge is 2.27. The second-order valence-electron chi connectivity index (χ2n) is 5.82. The van der Waals surface area contributed by atoms with Crippen LogP contribution >= 0.6 is 0 Å². The third kappa shape index (κ3) is 4.70. The Labute approximate surface area is 147 Å². The van der Waals surface area contributed by atoms with Crippen molar-refractivity contribution in [1.29, 1.82) is 5.26 Å². The number of nitrogens with zero attached hydrogens (tertiary/aromatic N) is 4. The second-order valence-corrected chi connectivity index (χ2v) is 7.73. The topological polar surface area (TPSA) is 102 Å². The molecule has 1 fully saturated rings. The van der Waals surface area contributed by atoms with Crippen molar-refractivity contribution in [3.8, 4) is 6.07 Å². The molecule has 2 rings (SSSR count).